The fourth-order valence-electron chi connectivity index (χ4n) is 2.95. The largest absolute Gasteiger partial charge is 0.361 e. The predicted molar refractivity (Wildman–Crippen MR) is 99.3 cm³/mol. The number of carbonyl (C=O) groups excluding carboxylic acids is 1. The molecule has 26 heavy (non-hydrogen) atoms. The summed E-state index contributed by atoms with van der Waals surface area (Å²) in [5.41, 5.74) is 3.81. The van der Waals surface area contributed by atoms with Crippen LogP contribution in [0.5, 0.6) is 0 Å². The summed E-state index contributed by atoms with van der Waals surface area (Å²) in [5, 5.41) is 9.17. The molecule has 1 amide bonds. The van der Waals surface area contributed by atoms with Crippen molar-refractivity contribution >= 4 is 17.5 Å². The van der Waals surface area contributed by atoms with E-state index in [2.05, 4.69) is 10.3 Å². The van der Waals surface area contributed by atoms with Crippen LogP contribution in [0, 0.1) is 20.8 Å². The third-order valence-corrected chi connectivity index (χ3v) is 4.66. The number of hydrogen-bond acceptors (Lipinski definition) is 4. The van der Waals surface area contributed by atoms with E-state index in [9.17, 15) is 4.79 Å². The number of halogens is 1. The highest BCUT2D eigenvalue weighted by Crippen LogP contribution is 2.21. The fourth-order valence-corrected chi connectivity index (χ4v) is 3.14. The molecule has 2 heterocycles. The maximum atomic E-state index is 12.9. The van der Waals surface area contributed by atoms with Crippen LogP contribution < -0.4 is 0 Å². The molecule has 0 atom stereocenters. The summed E-state index contributed by atoms with van der Waals surface area (Å²) in [4.78, 5) is 14.5. The Hall–Kier alpha value is -2.60. The average Bonchev–Trinajstić information content (AvgIpc) is 3.12. The van der Waals surface area contributed by atoms with Crippen LogP contribution in [0.15, 0.2) is 34.9 Å². The van der Waals surface area contributed by atoms with Gasteiger partial charge in [0.2, 0.25) is 0 Å². The summed E-state index contributed by atoms with van der Waals surface area (Å²) >= 11 is 6.25. The van der Waals surface area contributed by atoms with E-state index < -0.39 is 0 Å². The van der Waals surface area contributed by atoms with Crippen molar-refractivity contribution in [2.24, 2.45) is 0 Å². The molecule has 2 aromatic heterocycles. The number of carbonyl (C=O) groups is 1. The zero-order valence-corrected chi connectivity index (χ0v) is 16.0. The molecule has 0 spiro atoms. The zero-order chi connectivity index (χ0) is 18.8. The van der Waals surface area contributed by atoms with Gasteiger partial charge >= 0.3 is 0 Å². The van der Waals surface area contributed by atoms with Crippen molar-refractivity contribution in [3.63, 3.8) is 0 Å². The van der Waals surface area contributed by atoms with E-state index in [1.165, 1.54) is 0 Å². The first kappa shape index (κ1) is 18.2. The van der Waals surface area contributed by atoms with Crippen molar-refractivity contribution < 1.29 is 9.32 Å². The maximum Gasteiger partial charge on any atom is 0.257 e. The van der Waals surface area contributed by atoms with Gasteiger partial charge in [0.1, 0.15) is 11.5 Å². The standard InChI is InChI=1S/C19H21ClN4O2/c1-12-9-16(22-26-12)11-23(4)19(25)18-13(2)21-24(14(18)3)10-15-7-5-6-8-17(15)20/h5-9H,10-11H2,1-4H3. The second-order valence-corrected chi connectivity index (χ2v) is 6.79. The molecule has 0 unspecified atom stereocenters. The lowest BCUT2D eigenvalue weighted by molar-refractivity contribution is 0.0780. The quantitative estimate of drug-likeness (QED) is 0.683. The van der Waals surface area contributed by atoms with Crippen LogP contribution in [0.1, 0.15) is 38.8 Å². The summed E-state index contributed by atoms with van der Waals surface area (Å²) in [6.07, 6.45) is 0. The van der Waals surface area contributed by atoms with Gasteiger partial charge in [0, 0.05) is 23.8 Å². The van der Waals surface area contributed by atoms with Crippen LogP contribution >= 0.6 is 11.6 Å². The smallest absolute Gasteiger partial charge is 0.257 e. The molecule has 0 aliphatic rings. The predicted octanol–water partition coefficient (Wildman–Crippen LogP) is 3.77. The molecular formula is C19H21ClN4O2. The molecule has 1 aromatic carbocycles. The van der Waals surface area contributed by atoms with Crippen LogP contribution in [0.4, 0.5) is 0 Å². The van der Waals surface area contributed by atoms with E-state index in [0.29, 0.717) is 29.4 Å². The van der Waals surface area contributed by atoms with E-state index in [-0.39, 0.29) is 5.91 Å². The molecule has 3 aromatic rings. The first-order chi connectivity index (χ1) is 12.4. The molecule has 7 heteroatoms. The topological polar surface area (TPSA) is 64.2 Å². The van der Waals surface area contributed by atoms with E-state index >= 15 is 0 Å². The van der Waals surface area contributed by atoms with Gasteiger partial charge in [-0.1, -0.05) is 35.0 Å². The first-order valence-corrected chi connectivity index (χ1v) is 8.69. The van der Waals surface area contributed by atoms with Crippen LogP contribution in [-0.2, 0) is 13.1 Å². The van der Waals surface area contributed by atoms with Crippen LogP contribution in [0.3, 0.4) is 0 Å². The molecule has 0 radical (unpaired) electrons. The highest BCUT2D eigenvalue weighted by Gasteiger charge is 2.22. The number of aromatic nitrogens is 3. The summed E-state index contributed by atoms with van der Waals surface area (Å²) < 4.78 is 6.88. The summed E-state index contributed by atoms with van der Waals surface area (Å²) in [6.45, 7) is 6.47. The van der Waals surface area contributed by atoms with Gasteiger partial charge in [0.15, 0.2) is 0 Å². The summed E-state index contributed by atoms with van der Waals surface area (Å²) in [6, 6.07) is 9.46. The van der Waals surface area contributed by atoms with Gasteiger partial charge < -0.3 is 9.42 Å². The monoisotopic (exact) mass is 372 g/mol. The van der Waals surface area contributed by atoms with Gasteiger partial charge in [0.25, 0.3) is 5.91 Å². The molecule has 3 rings (SSSR count). The fraction of sp³-hybridized carbons (Fsp3) is 0.316. The average molecular weight is 373 g/mol. The van der Waals surface area contributed by atoms with E-state index in [4.69, 9.17) is 16.1 Å². The zero-order valence-electron chi connectivity index (χ0n) is 15.3. The van der Waals surface area contributed by atoms with Gasteiger partial charge in [0.05, 0.1) is 24.3 Å². The van der Waals surface area contributed by atoms with E-state index in [0.717, 1.165) is 22.7 Å². The highest BCUT2D eigenvalue weighted by atomic mass is 35.5. The third-order valence-electron chi connectivity index (χ3n) is 4.30. The number of benzene rings is 1. The van der Waals surface area contributed by atoms with E-state index in [1.807, 2.05) is 55.8 Å². The molecule has 0 bridgehead atoms. The normalized spacial score (nSPS) is 11.0. The van der Waals surface area contributed by atoms with Crippen LogP contribution in [0.2, 0.25) is 5.02 Å². The first-order valence-electron chi connectivity index (χ1n) is 8.32. The molecule has 0 saturated heterocycles. The number of aryl methyl sites for hydroxylation is 2. The minimum atomic E-state index is -0.0916. The van der Waals surface area contributed by atoms with E-state index in [1.54, 1.807) is 11.9 Å². The Labute approximate surface area is 157 Å². The van der Waals surface area contributed by atoms with Crippen LogP contribution in [0.25, 0.3) is 0 Å². The van der Waals surface area contributed by atoms with Crippen molar-refractivity contribution in [1.29, 1.82) is 0 Å². The Morgan fingerprint density at radius 1 is 1.27 bits per heavy atom. The van der Waals surface area contributed by atoms with Crippen molar-refractivity contribution in [3.8, 4) is 0 Å². The second kappa shape index (κ2) is 7.33. The number of hydrogen-bond donors (Lipinski definition) is 0. The molecular weight excluding hydrogens is 352 g/mol. The molecule has 0 N–H and O–H groups in total. The third kappa shape index (κ3) is 3.65. The summed E-state index contributed by atoms with van der Waals surface area (Å²) in [5.74, 6) is 0.631. The number of rotatable bonds is 5. The lowest BCUT2D eigenvalue weighted by atomic mass is 10.1. The Balaban J connectivity index is 1.82. The van der Waals surface area contributed by atoms with Crippen molar-refractivity contribution in [3.05, 3.63) is 69.3 Å². The van der Waals surface area contributed by atoms with Gasteiger partial charge in [-0.15, -0.1) is 0 Å². The maximum absolute atomic E-state index is 12.9. The molecule has 6 nitrogen and oxygen atoms in total. The molecule has 0 aliphatic heterocycles. The Bertz CT molecular complexity index is 945. The molecule has 0 saturated carbocycles. The SMILES string of the molecule is Cc1cc(CN(C)C(=O)c2c(C)nn(Cc3ccccc3Cl)c2C)no1. The lowest BCUT2D eigenvalue weighted by Gasteiger charge is -2.16. The Morgan fingerprint density at radius 3 is 2.65 bits per heavy atom. The van der Waals surface area contributed by atoms with Gasteiger partial charge in [-0.25, -0.2) is 0 Å². The van der Waals surface area contributed by atoms with Crippen LogP contribution in [-0.4, -0.2) is 32.8 Å². The molecule has 136 valence electrons. The Kier molecular flexibility index (Phi) is 5.13. The summed E-state index contributed by atoms with van der Waals surface area (Å²) in [7, 11) is 1.75. The Morgan fingerprint density at radius 2 is 2.00 bits per heavy atom. The molecule has 0 fully saturated rings. The van der Waals surface area contributed by atoms with Crippen molar-refractivity contribution in [2.45, 2.75) is 33.9 Å². The van der Waals surface area contributed by atoms with Crippen molar-refractivity contribution in [1.82, 2.24) is 19.8 Å². The highest BCUT2D eigenvalue weighted by molar-refractivity contribution is 6.31. The minimum absolute atomic E-state index is 0.0916. The number of amides is 1. The van der Waals surface area contributed by atoms with Gasteiger partial charge in [-0.05, 0) is 32.4 Å². The van der Waals surface area contributed by atoms with Gasteiger partial charge in [-0.2, -0.15) is 5.10 Å². The molecule has 0 aliphatic carbocycles. The minimum Gasteiger partial charge on any atom is -0.361 e. The number of nitrogens with zero attached hydrogens (tertiary/aromatic N) is 4. The van der Waals surface area contributed by atoms with Crippen molar-refractivity contribution in [2.75, 3.05) is 7.05 Å². The lowest BCUT2D eigenvalue weighted by Crippen LogP contribution is -2.27. The second-order valence-electron chi connectivity index (χ2n) is 6.38. The van der Waals surface area contributed by atoms with Gasteiger partial charge in [-0.3, -0.25) is 9.48 Å².